The predicted molar refractivity (Wildman–Crippen MR) is 61.4 cm³/mol. The van der Waals surface area contributed by atoms with E-state index in [-0.39, 0.29) is 16.6 Å². The molecule has 0 amide bonds. The Morgan fingerprint density at radius 3 is 2.82 bits per heavy atom. The van der Waals surface area contributed by atoms with Crippen LogP contribution in [0.15, 0.2) is 6.07 Å². The van der Waals surface area contributed by atoms with E-state index in [1.54, 1.807) is 13.0 Å². The highest BCUT2D eigenvalue weighted by Crippen LogP contribution is 2.37. The summed E-state index contributed by atoms with van der Waals surface area (Å²) in [7, 11) is -2.44. The molecule has 0 fully saturated rings. The average molecular weight is 276 g/mol. The average Bonchev–Trinajstić information content (AvgIpc) is 2.48. The van der Waals surface area contributed by atoms with Crippen LogP contribution in [-0.4, -0.2) is 26.5 Å². The molecular formula is C10H10ClNO4S. The van der Waals surface area contributed by atoms with Crippen molar-refractivity contribution >= 4 is 27.4 Å². The van der Waals surface area contributed by atoms with E-state index in [9.17, 15) is 13.2 Å². The van der Waals surface area contributed by atoms with Crippen LogP contribution in [0.25, 0.3) is 0 Å². The predicted octanol–water partition coefficient (Wildman–Crippen LogP) is 1.19. The van der Waals surface area contributed by atoms with Gasteiger partial charge in [0.15, 0.2) is 9.84 Å². The van der Waals surface area contributed by atoms with Gasteiger partial charge in [0.25, 0.3) is 0 Å². The number of aryl methyl sites for hydroxylation is 1. The molecule has 0 aromatic carbocycles. The van der Waals surface area contributed by atoms with Crippen molar-refractivity contribution in [3.05, 3.63) is 28.0 Å². The van der Waals surface area contributed by atoms with Gasteiger partial charge in [-0.3, -0.25) is 4.79 Å². The summed E-state index contributed by atoms with van der Waals surface area (Å²) in [5.74, 6) is -1.02. The molecule has 0 saturated heterocycles. The Morgan fingerprint density at radius 1 is 1.59 bits per heavy atom. The van der Waals surface area contributed by atoms with Gasteiger partial charge in [-0.05, 0) is 18.1 Å². The molecule has 1 aliphatic rings. The number of methoxy groups -OCH3 is 1. The molecule has 17 heavy (non-hydrogen) atoms. The first-order valence-electron chi connectivity index (χ1n) is 4.82. The molecule has 1 unspecified atom stereocenters. The van der Waals surface area contributed by atoms with Gasteiger partial charge >= 0.3 is 5.97 Å². The number of hydrogen-bond donors (Lipinski definition) is 0. The van der Waals surface area contributed by atoms with E-state index in [0.717, 1.165) is 7.11 Å². The Labute approximate surface area is 104 Å². The fourth-order valence-corrected chi connectivity index (χ4v) is 3.75. The summed E-state index contributed by atoms with van der Waals surface area (Å²) in [5.41, 5.74) is 1.39. The summed E-state index contributed by atoms with van der Waals surface area (Å²) in [6.45, 7) is 1.73. The maximum atomic E-state index is 11.9. The second kappa shape index (κ2) is 3.96. The van der Waals surface area contributed by atoms with Crippen molar-refractivity contribution in [3.63, 3.8) is 0 Å². The van der Waals surface area contributed by atoms with Crippen molar-refractivity contribution in [2.45, 2.75) is 17.9 Å². The van der Waals surface area contributed by atoms with E-state index in [0.29, 0.717) is 11.1 Å². The van der Waals surface area contributed by atoms with E-state index in [4.69, 9.17) is 11.6 Å². The maximum absolute atomic E-state index is 11.9. The molecule has 1 atom stereocenters. The second-order valence-electron chi connectivity index (χ2n) is 3.85. The number of pyridine rings is 1. The molecule has 1 aromatic heterocycles. The first-order chi connectivity index (χ1) is 7.86. The number of aromatic nitrogens is 1. The lowest BCUT2D eigenvalue weighted by Crippen LogP contribution is -2.20. The van der Waals surface area contributed by atoms with E-state index in [2.05, 4.69) is 9.72 Å². The van der Waals surface area contributed by atoms with Crippen LogP contribution in [0.1, 0.15) is 22.1 Å². The van der Waals surface area contributed by atoms with Crippen LogP contribution in [-0.2, 0) is 25.1 Å². The smallest absolute Gasteiger partial charge is 0.330 e. The number of nitrogens with zero attached hydrogens (tertiary/aromatic N) is 1. The van der Waals surface area contributed by atoms with Crippen molar-refractivity contribution in [1.29, 1.82) is 0 Å². The largest absolute Gasteiger partial charge is 0.468 e. The summed E-state index contributed by atoms with van der Waals surface area (Å²) in [5, 5.41) is -1.14. The molecule has 0 N–H and O–H groups in total. The van der Waals surface area contributed by atoms with Gasteiger partial charge in [-0.25, -0.2) is 13.4 Å². The number of sulfone groups is 1. The standard InChI is InChI=1S/C10H10ClNO4S/c1-5-3-6-4-17(14,15)8(10(13)16-2)7(6)12-9(5)11/h3,8H,4H2,1-2H3. The number of carbonyl (C=O) groups is 1. The number of hydrogen-bond acceptors (Lipinski definition) is 5. The lowest BCUT2D eigenvalue weighted by Gasteiger charge is -2.08. The third-order valence-corrected chi connectivity index (χ3v) is 4.87. The van der Waals surface area contributed by atoms with Crippen molar-refractivity contribution in [2.24, 2.45) is 0 Å². The van der Waals surface area contributed by atoms with E-state index >= 15 is 0 Å². The monoisotopic (exact) mass is 275 g/mol. The van der Waals surface area contributed by atoms with Gasteiger partial charge in [0.1, 0.15) is 5.15 Å². The minimum absolute atomic E-state index is 0.187. The molecule has 1 aromatic rings. The molecule has 5 nitrogen and oxygen atoms in total. The van der Waals surface area contributed by atoms with Crippen LogP contribution >= 0.6 is 11.6 Å². The Kier molecular flexibility index (Phi) is 2.87. The second-order valence-corrected chi connectivity index (χ2v) is 6.29. The zero-order valence-corrected chi connectivity index (χ0v) is 10.8. The number of carbonyl (C=O) groups excluding carboxylic acids is 1. The quantitative estimate of drug-likeness (QED) is 0.568. The maximum Gasteiger partial charge on any atom is 0.330 e. The van der Waals surface area contributed by atoms with Gasteiger partial charge in [0.05, 0.1) is 18.6 Å². The van der Waals surface area contributed by atoms with Crippen LogP contribution in [0.4, 0.5) is 0 Å². The van der Waals surface area contributed by atoms with Crippen molar-refractivity contribution in [1.82, 2.24) is 4.98 Å². The zero-order valence-electron chi connectivity index (χ0n) is 9.23. The van der Waals surface area contributed by atoms with Gasteiger partial charge in [-0.1, -0.05) is 17.7 Å². The first kappa shape index (κ1) is 12.3. The molecule has 0 aliphatic carbocycles. The lowest BCUT2D eigenvalue weighted by molar-refractivity contribution is -0.140. The van der Waals surface area contributed by atoms with Gasteiger partial charge < -0.3 is 4.74 Å². The Balaban J connectivity index is 2.64. The van der Waals surface area contributed by atoms with Crippen LogP contribution in [0.2, 0.25) is 5.15 Å². The van der Waals surface area contributed by atoms with Crippen LogP contribution in [0.3, 0.4) is 0 Å². The van der Waals surface area contributed by atoms with Crippen LogP contribution in [0, 0.1) is 6.92 Å². The normalized spacial score (nSPS) is 21.0. The topological polar surface area (TPSA) is 73.3 Å². The van der Waals surface area contributed by atoms with E-state index < -0.39 is 21.1 Å². The Bertz CT molecular complexity index is 597. The van der Waals surface area contributed by atoms with Gasteiger partial charge in [-0.15, -0.1) is 0 Å². The summed E-state index contributed by atoms with van der Waals surface area (Å²) >= 11 is 5.84. The fourth-order valence-electron chi connectivity index (χ4n) is 1.84. The number of esters is 1. The van der Waals surface area contributed by atoms with Crippen molar-refractivity contribution in [2.75, 3.05) is 7.11 Å². The number of rotatable bonds is 1. The van der Waals surface area contributed by atoms with Crippen LogP contribution < -0.4 is 0 Å². The summed E-state index contributed by atoms with van der Waals surface area (Å²) in [4.78, 5) is 15.5. The highest BCUT2D eigenvalue weighted by molar-refractivity contribution is 7.91. The molecule has 0 radical (unpaired) electrons. The highest BCUT2D eigenvalue weighted by atomic mass is 35.5. The molecule has 0 spiro atoms. The number of halogens is 1. The molecule has 7 heteroatoms. The van der Waals surface area contributed by atoms with Gasteiger partial charge in [0.2, 0.25) is 5.25 Å². The molecule has 2 rings (SSSR count). The summed E-state index contributed by atoms with van der Waals surface area (Å²) in [6.07, 6.45) is 0. The van der Waals surface area contributed by atoms with E-state index in [1.807, 2.05) is 0 Å². The minimum atomic E-state index is -3.59. The summed E-state index contributed by atoms with van der Waals surface area (Å²) < 4.78 is 28.2. The van der Waals surface area contributed by atoms with Crippen molar-refractivity contribution < 1.29 is 17.9 Å². The first-order valence-corrected chi connectivity index (χ1v) is 6.91. The minimum Gasteiger partial charge on any atom is -0.468 e. The molecular weight excluding hydrogens is 266 g/mol. The van der Waals surface area contributed by atoms with Gasteiger partial charge in [0, 0.05) is 0 Å². The zero-order chi connectivity index (χ0) is 12.8. The molecule has 2 heterocycles. The third kappa shape index (κ3) is 1.91. The Hall–Kier alpha value is -1.14. The molecule has 1 aliphatic heterocycles. The van der Waals surface area contributed by atoms with E-state index in [1.165, 1.54) is 0 Å². The molecule has 0 bridgehead atoms. The fraction of sp³-hybridized carbons (Fsp3) is 0.400. The van der Waals surface area contributed by atoms with Crippen LogP contribution in [0.5, 0.6) is 0 Å². The van der Waals surface area contributed by atoms with Gasteiger partial charge in [-0.2, -0.15) is 0 Å². The number of fused-ring (bicyclic) bond motifs is 1. The SMILES string of the molecule is COC(=O)C1c2nc(Cl)c(C)cc2CS1(=O)=O. The lowest BCUT2D eigenvalue weighted by atomic mass is 10.1. The van der Waals surface area contributed by atoms with Crippen molar-refractivity contribution in [3.8, 4) is 0 Å². The molecule has 0 saturated carbocycles. The summed E-state index contributed by atoms with van der Waals surface area (Å²) in [6, 6.07) is 1.64. The highest BCUT2D eigenvalue weighted by Gasteiger charge is 2.44. The third-order valence-electron chi connectivity index (χ3n) is 2.64. The Morgan fingerprint density at radius 2 is 2.24 bits per heavy atom. The number of ether oxygens (including phenoxy) is 1. The molecule has 92 valence electrons.